The number of benzene rings is 1. The molecule has 1 aliphatic heterocycles. The summed E-state index contributed by atoms with van der Waals surface area (Å²) in [7, 11) is 0. The van der Waals surface area contributed by atoms with E-state index in [1.165, 1.54) is 5.69 Å². The molecule has 2 aromatic rings. The number of carbonyl (C=O) groups is 1. The largest absolute Gasteiger partial charge is 0.444 e. The minimum atomic E-state index is -0.449. The molecular weight excluding hydrogens is 290 g/mol. The highest BCUT2D eigenvalue weighted by molar-refractivity contribution is 5.91. The van der Waals surface area contributed by atoms with Crippen molar-refractivity contribution in [2.24, 2.45) is 0 Å². The van der Waals surface area contributed by atoms with Crippen LogP contribution in [0.5, 0.6) is 0 Å². The van der Waals surface area contributed by atoms with Gasteiger partial charge in [0.2, 0.25) is 0 Å². The molecule has 5 nitrogen and oxygen atoms in total. The SMILES string of the molecule is CC(C)(C)OC(=O)N1CCN(c2cccc3ncccc23)CC1. The highest BCUT2D eigenvalue weighted by atomic mass is 16.6. The third kappa shape index (κ3) is 3.55. The summed E-state index contributed by atoms with van der Waals surface area (Å²) in [5, 5.41) is 1.15. The van der Waals surface area contributed by atoms with Crippen molar-refractivity contribution in [2.75, 3.05) is 31.1 Å². The Morgan fingerprint density at radius 1 is 1.09 bits per heavy atom. The molecule has 2 heterocycles. The van der Waals surface area contributed by atoms with Gasteiger partial charge in [-0.15, -0.1) is 0 Å². The molecule has 1 aliphatic rings. The number of hydrogen-bond donors (Lipinski definition) is 0. The van der Waals surface area contributed by atoms with Gasteiger partial charge >= 0.3 is 6.09 Å². The van der Waals surface area contributed by atoms with Crippen molar-refractivity contribution in [3.05, 3.63) is 36.5 Å². The molecule has 1 aromatic heterocycles. The first kappa shape index (κ1) is 15.6. The van der Waals surface area contributed by atoms with Gasteiger partial charge in [0.15, 0.2) is 0 Å². The van der Waals surface area contributed by atoms with Crippen LogP contribution in [0.4, 0.5) is 10.5 Å². The van der Waals surface area contributed by atoms with Crippen LogP contribution >= 0.6 is 0 Å². The zero-order chi connectivity index (χ0) is 16.4. The molecule has 1 fully saturated rings. The Morgan fingerprint density at radius 3 is 2.52 bits per heavy atom. The van der Waals surface area contributed by atoms with Crippen LogP contribution in [-0.2, 0) is 4.74 Å². The first-order chi connectivity index (χ1) is 10.9. The third-order valence-electron chi connectivity index (χ3n) is 3.89. The van der Waals surface area contributed by atoms with E-state index in [1.807, 2.05) is 45.2 Å². The molecule has 1 amide bonds. The number of piperazine rings is 1. The topological polar surface area (TPSA) is 45.7 Å². The Balaban J connectivity index is 1.70. The van der Waals surface area contributed by atoms with Crippen LogP contribution in [0.25, 0.3) is 10.9 Å². The average molecular weight is 313 g/mol. The van der Waals surface area contributed by atoms with E-state index in [0.717, 1.165) is 24.0 Å². The molecule has 0 aliphatic carbocycles. The zero-order valence-electron chi connectivity index (χ0n) is 14.0. The number of hydrogen-bond acceptors (Lipinski definition) is 4. The van der Waals surface area contributed by atoms with E-state index in [-0.39, 0.29) is 6.09 Å². The lowest BCUT2D eigenvalue weighted by Gasteiger charge is -2.37. The van der Waals surface area contributed by atoms with Crippen molar-refractivity contribution in [2.45, 2.75) is 26.4 Å². The number of aromatic nitrogens is 1. The van der Waals surface area contributed by atoms with Crippen molar-refractivity contribution in [3.8, 4) is 0 Å². The first-order valence-electron chi connectivity index (χ1n) is 8.01. The van der Waals surface area contributed by atoms with Gasteiger partial charge in [-0.25, -0.2) is 4.79 Å². The Labute approximate surface area is 136 Å². The number of nitrogens with zero attached hydrogens (tertiary/aromatic N) is 3. The molecule has 1 aromatic carbocycles. The number of rotatable bonds is 1. The molecule has 0 N–H and O–H groups in total. The van der Waals surface area contributed by atoms with Gasteiger partial charge in [0.1, 0.15) is 5.60 Å². The molecule has 5 heteroatoms. The van der Waals surface area contributed by atoms with E-state index in [9.17, 15) is 4.79 Å². The first-order valence-corrected chi connectivity index (χ1v) is 8.01. The van der Waals surface area contributed by atoms with Crippen molar-refractivity contribution in [3.63, 3.8) is 0 Å². The van der Waals surface area contributed by atoms with Gasteiger partial charge < -0.3 is 14.5 Å². The van der Waals surface area contributed by atoms with Crippen LogP contribution in [0.3, 0.4) is 0 Å². The summed E-state index contributed by atoms with van der Waals surface area (Å²) < 4.78 is 5.45. The van der Waals surface area contributed by atoms with Crippen LogP contribution in [0.2, 0.25) is 0 Å². The molecular formula is C18H23N3O2. The van der Waals surface area contributed by atoms with Crippen LogP contribution < -0.4 is 4.90 Å². The summed E-state index contributed by atoms with van der Waals surface area (Å²) in [4.78, 5) is 20.6. The lowest BCUT2D eigenvalue weighted by molar-refractivity contribution is 0.0241. The number of carbonyl (C=O) groups excluding carboxylic acids is 1. The van der Waals surface area contributed by atoms with Gasteiger partial charge in [-0.3, -0.25) is 4.98 Å². The standard InChI is InChI=1S/C18H23N3O2/c1-18(2,3)23-17(22)21-12-10-20(11-13-21)16-8-4-7-15-14(16)6-5-9-19-15/h4-9H,10-13H2,1-3H3. The van der Waals surface area contributed by atoms with E-state index >= 15 is 0 Å². The molecule has 3 rings (SSSR count). The normalized spacial score (nSPS) is 15.8. The molecule has 0 atom stereocenters. The highest BCUT2D eigenvalue weighted by Gasteiger charge is 2.26. The second kappa shape index (κ2) is 6.07. The summed E-state index contributed by atoms with van der Waals surface area (Å²) in [5.41, 5.74) is 1.73. The summed E-state index contributed by atoms with van der Waals surface area (Å²) in [6.45, 7) is 8.62. The fourth-order valence-corrected chi connectivity index (χ4v) is 2.82. The van der Waals surface area contributed by atoms with Gasteiger partial charge in [0.05, 0.1) is 5.52 Å². The van der Waals surface area contributed by atoms with Crippen molar-refractivity contribution >= 4 is 22.7 Å². The number of fused-ring (bicyclic) bond motifs is 1. The smallest absolute Gasteiger partial charge is 0.410 e. The Bertz CT molecular complexity index is 695. The third-order valence-corrected chi connectivity index (χ3v) is 3.89. The van der Waals surface area contributed by atoms with Crippen molar-refractivity contribution in [1.29, 1.82) is 0 Å². The lowest BCUT2D eigenvalue weighted by Crippen LogP contribution is -2.50. The number of anilines is 1. The maximum absolute atomic E-state index is 12.1. The molecule has 122 valence electrons. The van der Waals surface area contributed by atoms with Crippen LogP contribution in [0.15, 0.2) is 36.5 Å². The number of amides is 1. The van der Waals surface area contributed by atoms with E-state index in [4.69, 9.17) is 4.74 Å². The predicted molar refractivity (Wildman–Crippen MR) is 91.8 cm³/mol. The average Bonchev–Trinajstić information content (AvgIpc) is 2.53. The minimum absolute atomic E-state index is 0.225. The lowest BCUT2D eigenvalue weighted by atomic mass is 10.1. The molecule has 0 bridgehead atoms. The summed E-state index contributed by atoms with van der Waals surface area (Å²) in [5.74, 6) is 0. The fourth-order valence-electron chi connectivity index (χ4n) is 2.82. The Kier molecular flexibility index (Phi) is 4.11. The molecule has 0 saturated carbocycles. The molecule has 0 spiro atoms. The zero-order valence-corrected chi connectivity index (χ0v) is 14.0. The molecule has 0 radical (unpaired) electrons. The Morgan fingerprint density at radius 2 is 1.83 bits per heavy atom. The van der Waals surface area contributed by atoms with Crippen molar-refractivity contribution in [1.82, 2.24) is 9.88 Å². The van der Waals surface area contributed by atoms with Gasteiger partial charge in [-0.05, 0) is 45.0 Å². The fraction of sp³-hybridized carbons (Fsp3) is 0.444. The van der Waals surface area contributed by atoms with Gasteiger partial charge in [0, 0.05) is 43.4 Å². The van der Waals surface area contributed by atoms with E-state index < -0.39 is 5.60 Å². The highest BCUT2D eigenvalue weighted by Crippen LogP contribution is 2.26. The van der Waals surface area contributed by atoms with Gasteiger partial charge in [0.25, 0.3) is 0 Å². The number of ether oxygens (including phenoxy) is 1. The van der Waals surface area contributed by atoms with Gasteiger partial charge in [-0.1, -0.05) is 6.07 Å². The maximum Gasteiger partial charge on any atom is 0.410 e. The molecule has 1 saturated heterocycles. The van der Waals surface area contributed by atoms with Crippen molar-refractivity contribution < 1.29 is 9.53 Å². The second-order valence-electron chi connectivity index (χ2n) is 6.80. The Hall–Kier alpha value is -2.30. The van der Waals surface area contributed by atoms with Crippen LogP contribution in [0, 0.1) is 0 Å². The van der Waals surface area contributed by atoms with E-state index in [0.29, 0.717) is 13.1 Å². The molecule has 0 unspecified atom stereocenters. The predicted octanol–water partition coefficient (Wildman–Crippen LogP) is 3.29. The monoisotopic (exact) mass is 313 g/mol. The van der Waals surface area contributed by atoms with Crippen LogP contribution in [-0.4, -0.2) is 47.8 Å². The summed E-state index contributed by atoms with van der Waals surface area (Å²) in [6, 6.07) is 10.2. The van der Waals surface area contributed by atoms with Crippen LogP contribution in [0.1, 0.15) is 20.8 Å². The second-order valence-corrected chi connectivity index (χ2v) is 6.80. The molecule has 23 heavy (non-hydrogen) atoms. The number of pyridine rings is 1. The minimum Gasteiger partial charge on any atom is -0.444 e. The quantitative estimate of drug-likeness (QED) is 0.810. The maximum atomic E-state index is 12.1. The summed E-state index contributed by atoms with van der Waals surface area (Å²) in [6.07, 6.45) is 1.59. The van der Waals surface area contributed by atoms with E-state index in [1.54, 1.807) is 4.90 Å². The van der Waals surface area contributed by atoms with Gasteiger partial charge in [-0.2, -0.15) is 0 Å². The van der Waals surface area contributed by atoms with E-state index in [2.05, 4.69) is 22.0 Å². The summed E-state index contributed by atoms with van der Waals surface area (Å²) >= 11 is 0.